The van der Waals surface area contributed by atoms with Crippen molar-refractivity contribution in [2.45, 2.75) is 12.7 Å². The van der Waals surface area contributed by atoms with Crippen LogP contribution in [0.2, 0.25) is 0 Å². The van der Waals surface area contributed by atoms with Crippen LogP contribution in [-0.2, 0) is 17.5 Å². The zero-order chi connectivity index (χ0) is 19.1. The van der Waals surface area contributed by atoms with E-state index in [9.17, 15) is 22.4 Å². The molecule has 0 fully saturated rings. The summed E-state index contributed by atoms with van der Waals surface area (Å²) in [6.45, 7) is -0.0653. The van der Waals surface area contributed by atoms with E-state index in [1.165, 1.54) is 29.1 Å². The number of nitrogens with zero attached hydrogens (tertiary/aromatic N) is 2. The van der Waals surface area contributed by atoms with E-state index < -0.39 is 23.5 Å². The lowest BCUT2D eigenvalue weighted by molar-refractivity contribution is -0.137. The molecule has 136 valence electrons. The van der Waals surface area contributed by atoms with Crippen molar-refractivity contribution in [2.24, 2.45) is 0 Å². The van der Waals surface area contributed by atoms with Gasteiger partial charge in [0.25, 0.3) is 0 Å². The second-order valence-corrected chi connectivity index (χ2v) is 6.32. The molecule has 9 heteroatoms. The van der Waals surface area contributed by atoms with Gasteiger partial charge in [-0.1, -0.05) is 12.1 Å². The summed E-state index contributed by atoms with van der Waals surface area (Å²) in [5.74, 6) is -1.57. The molecule has 0 aliphatic carbocycles. The molecule has 26 heavy (non-hydrogen) atoms. The molecule has 2 aromatic carbocycles. The van der Waals surface area contributed by atoms with Crippen molar-refractivity contribution in [1.29, 1.82) is 0 Å². The average molecular weight is 431 g/mol. The minimum atomic E-state index is -4.49. The number of hydrogen-bond acceptors (Lipinski definition) is 3. The van der Waals surface area contributed by atoms with Crippen molar-refractivity contribution in [2.75, 3.05) is 7.11 Å². The number of fused-ring (bicyclic) bond motifs is 1. The predicted molar refractivity (Wildman–Crippen MR) is 89.3 cm³/mol. The van der Waals surface area contributed by atoms with Gasteiger partial charge in [0, 0.05) is 15.4 Å². The molecule has 0 N–H and O–H groups in total. The van der Waals surface area contributed by atoms with Crippen molar-refractivity contribution in [3.63, 3.8) is 0 Å². The van der Waals surface area contributed by atoms with E-state index in [2.05, 4.69) is 25.8 Å². The lowest BCUT2D eigenvalue weighted by atomic mass is 10.1. The van der Waals surface area contributed by atoms with Gasteiger partial charge in [-0.15, -0.1) is 0 Å². The number of carbonyl (C=O) groups is 1. The van der Waals surface area contributed by atoms with Crippen LogP contribution < -0.4 is 0 Å². The average Bonchev–Trinajstić information content (AvgIpc) is 2.99. The Morgan fingerprint density at radius 1 is 1.31 bits per heavy atom. The molecule has 0 saturated carbocycles. The van der Waals surface area contributed by atoms with Crippen molar-refractivity contribution >= 4 is 32.8 Å². The topological polar surface area (TPSA) is 44.1 Å². The highest BCUT2D eigenvalue weighted by Crippen LogP contribution is 2.35. The number of halogens is 5. The third-order valence-corrected chi connectivity index (χ3v) is 4.42. The maximum Gasteiger partial charge on any atom is 0.416 e. The van der Waals surface area contributed by atoms with Crippen LogP contribution in [0.15, 0.2) is 41.0 Å². The smallest absolute Gasteiger partial charge is 0.416 e. The summed E-state index contributed by atoms with van der Waals surface area (Å²) in [5, 5.41) is 4.31. The predicted octanol–water partition coefficient (Wildman–Crippen LogP) is 4.79. The number of benzene rings is 2. The molecule has 0 aliphatic rings. The van der Waals surface area contributed by atoms with E-state index in [0.29, 0.717) is 5.52 Å². The highest BCUT2D eigenvalue weighted by atomic mass is 79.9. The molecule has 1 heterocycles. The van der Waals surface area contributed by atoms with E-state index in [4.69, 9.17) is 0 Å². The Labute approximate surface area is 153 Å². The molecule has 0 aliphatic heterocycles. The molecule has 0 spiro atoms. The maximum absolute atomic E-state index is 14.5. The number of alkyl halides is 3. The van der Waals surface area contributed by atoms with Gasteiger partial charge in [-0.2, -0.15) is 18.3 Å². The van der Waals surface area contributed by atoms with Gasteiger partial charge >= 0.3 is 12.1 Å². The van der Waals surface area contributed by atoms with E-state index in [0.717, 1.165) is 19.2 Å². The van der Waals surface area contributed by atoms with Crippen LogP contribution in [-0.4, -0.2) is 22.9 Å². The summed E-state index contributed by atoms with van der Waals surface area (Å²) in [5.41, 5.74) is -0.485. The number of esters is 1. The summed E-state index contributed by atoms with van der Waals surface area (Å²) in [7, 11) is 1.14. The Morgan fingerprint density at radius 3 is 2.69 bits per heavy atom. The van der Waals surface area contributed by atoms with Crippen LogP contribution in [0.3, 0.4) is 0 Å². The summed E-state index contributed by atoms with van der Waals surface area (Å²) < 4.78 is 59.3. The van der Waals surface area contributed by atoms with Crippen LogP contribution >= 0.6 is 15.9 Å². The van der Waals surface area contributed by atoms with Crippen molar-refractivity contribution in [3.05, 3.63) is 63.5 Å². The van der Waals surface area contributed by atoms with Gasteiger partial charge in [0.05, 0.1) is 36.5 Å². The maximum atomic E-state index is 14.5. The number of methoxy groups -OCH3 is 1. The summed E-state index contributed by atoms with van der Waals surface area (Å²) in [6, 6.07) is 6.17. The molecular weight excluding hydrogens is 420 g/mol. The largest absolute Gasteiger partial charge is 0.465 e. The number of hydrogen-bond donors (Lipinski definition) is 0. The van der Waals surface area contributed by atoms with Crippen LogP contribution in [0, 0.1) is 5.82 Å². The molecule has 0 unspecified atom stereocenters. The molecule has 4 nitrogen and oxygen atoms in total. The minimum absolute atomic E-state index is 0.0653. The van der Waals surface area contributed by atoms with Crippen molar-refractivity contribution in [3.8, 4) is 0 Å². The molecule has 3 rings (SSSR count). The Hall–Kier alpha value is -2.42. The first-order chi connectivity index (χ1) is 12.2. The second-order valence-electron chi connectivity index (χ2n) is 5.47. The highest BCUT2D eigenvalue weighted by molar-refractivity contribution is 9.10. The molecule has 0 saturated heterocycles. The monoisotopic (exact) mass is 430 g/mol. The van der Waals surface area contributed by atoms with Gasteiger partial charge < -0.3 is 4.74 Å². The van der Waals surface area contributed by atoms with Gasteiger partial charge in [-0.05, 0) is 34.1 Å². The number of aromatic nitrogens is 2. The molecule has 0 radical (unpaired) electrons. The lowest BCUT2D eigenvalue weighted by Gasteiger charge is -2.11. The van der Waals surface area contributed by atoms with E-state index >= 15 is 0 Å². The first-order valence-corrected chi connectivity index (χ1v) is 8.09. The molecule has 0 atom stereocenters. The highest BCUT2D eigenvalue weighted by Gasteiger charge is 2.31. The fourth-order valence-electron chi connectivity index (χ4n) is 2.60. The van der Waals surface area contributed by atoms with Gasteiger partial charge in [0.15, 0.2) is 0 Å². The molecule has 3 aromatic rings. The first kappa shape index (κ1) is 18.4. The molecule has 0 amide bonds. The quantitative estimate of drug-likeness (QED) is 0.443. The number of rotatable bonds is 3. The SMILES string of the molecule is COC(=O)c1cccc(Cn2ncc3cc(C(F)(F)F)cc(Br)c32)c1F. The van der Waals surface area contributed by atoms with Crippen LogP contribution in [0.1, 0.15) is 21.5 Å². The third-order valence-electron chi connectivity index (χ3n) is 3.82. The fourth-order valence-corrected chi connectivity index (χ4v) is 3.28. The van der Waals surface area contributed by atoms with Crippen LogP contribution in [0.25, 0.3) is 10.9 Å². The second kappa shape index (κ2) is 6.71. The van der Waals surface area contributed by atoms with Gasteiger partial charge in [-0.3, -0.25) is 4.68 Å². The fraction of sp³-hybridized carbons (Fsp3) is 0.176. The number of ether oxygens (including phenoxy) is 1. The zero-order valence-corrected chi connectivity index (χ0v) is 14.9. The van der Waals surface area contributed by atoms with Gasteiger partial charge in [0.2, 0.25) is 0 Å². The van der Waals surface area contributed by atoms with Crippen LogP contribution in [0.4, 0.5) is 17.6 Å². The normalized spacial score (nSPS) is 11.8. The van der Waals surface area contributed by atoms with Gasteiger partial charge in [-0.25, -0.2) is 9.18 Å². The van der Waals surface area contributed by atoms with Gasteiger partial charge in [0.1, 0.15) is 5.82 Å². The van der Waals surface area contributed by atoms with Crippen molar-refractivity contribution in [1.82, 2.24) is 9.78 Å². The number of carbonyl (C=O) groups excluding carboxylic acids is 1. The summed E-state index contributed by atoms with van der Waals surface area (Å²) in [6.07, 6.45) is -3.21. The third kappa shape index (κ3) is 3.31. The summed E-state index contributed by atoms with van der Waals surface area (Å²) >= 11 is 3.12. The Balaban J connectivity index is 2.05. The summed E-state index contributed by atoms with van der Waals surface area (Å²) in [4.78, 5) is 11.6. The molecular formula is C17H11BrF4N2O2. The Morgan fingerprint density at radius 2 is 2.04 bits per heavy atom. The van der Waals surface area contributed by atoms with E-state index in [1.54, 1.807) is 0 Å². The van der Waals surface area contributed by atoms with E-state index in [1.807, 2.05) is 0 Å². The molecule has 1 aromatic heterocycles. The Kier molecular flexibility index (Phi) is 4.74. The minimum Gasteiger partial charge on any atom is -0.465 e. The Bertz CT molecular complexity index is 998. The van der Waals surface area contributed by atoms with E-state index in [-0.39, 0.29) is 27.5 Å². The zero-order valence-electron chi connectivity index (χ0n) is 13.3. The van der Waals surface area contributed by atoms with Crippen LogP contribution in [0.5, 0.6) is 0 Å². The standard InChI is InChI=1S/C17H11BrF4N2O2/c1-26-16(25)12-4-2-3-9(14(12)19)8-24-15-10(7-23-24)5-11(6-13(15)18)17(20,21)22/h2-7H,8H2,1H3. The van der Waals surface area contributed by atoms with Crippen molar-refractivity contribution < 1.29 is 27.1 Å². The first-order valence-electron chi connectivity index (χ1n) is 7.30. The molecule has 0 bridgehead atoms. The lowest BCUT2D eigenvalue weighted by Crippen LogP contribution is -2.10.